The first-order chi connectivity index (χ1) is 17.3. The molecule has 15 heteroatoms. The zero-order valence-electron chi connectivity index (χ0n) is 18.6. The normalized spacial score (nSPS) is 19.0. The topological polar surface area (TPSA) is 79.8 Å². The predicted molar refractivity (Wildman–Crippen MR) is 124 cm³/mol. The van der Waals surface area contributed by atoms with Gasteiger partial charge in [-0.25, -0.2) is 13.2 Å². The average Bonchev–Trinajstić information content (AvgIpc) is 3.54. The number of thiophene rings is 1. The molecule has 0 saturated carbocycles. The van der Waals surface area contributed by atoms with Crippen molar-refractivity contribution in [3.05, 3.63) is 54.4 Å². The molecule has 2 heterocycles. The van der Waals surface area contributed by atoms with E-state index in [9.17, 15) is 35.9 Å². The van der Waals surface area contributed by atoms with E-state index in [1.54, 1.807) is 0 Å². The van der Waals surface area contributed by atoms with Gasteiger partial charge in [0.1, 0.15) is 5.71 Å². The quantitative estimate of drug-likeness (QED) is 0.337. The van der Waals surface area contributed by atoms with Crippen LogP contribution in [0.5, 0.6) is 0 Å². The van der Waals surface area contributed by atoms with Gasteiger partial charge in [-0.15, -0.1) is 11.3 Å². The maximum Gasteiger partial charge on any atom is 0.435 e. The van der Waals surface area contributed by atoms with Gasteiger partial charge in [-0.05, 0) is 42.5 Å². The number of rotatable bonds is 7. The highest BCUT2D eigenvalue weighted by molar-refractivity contribution is 7.16. The molecule has 4 rings (SSSR count). The number of fused-ring (bicyclic) bond motifs is 1. The Labute approximate surface area is 219 Å². The van der Waals surface area contributed by atoms with Crippen molar-refractivity contribution >= 4 is 52.1 Å². The predicted octanol–water partition coefficient (Wildman–Crippen LogP) is 5.38. The van der Waals surface area contributed by atoms with Crippen LogP contribution in [-0.4, -0.2) is 43.2 Å². The number of hydrogen-bond acceptors (Lipinski definition) is 5. The Morgan fingerprint density at radius 1 is 1.14 bits per heavy atom. The Balaban J connectivity index is 1.60. The summed E-state index contributed by atoms with van der Waals surface area (Å²) in [6, 6.07) is 1.57. The molecule has 2 N–H and O–H groups in total. The lowest BCUT2D eigenvalue weighted by atomic mass is 9.87. The molecular formula is C22H17Cl2F6N3O3S. The zero-order valence-corrected chi connectivity index (χ0v) is 20.9. The second-order valence-electron chi connectivity index (χ2n) is 8.33. The third-order valence-corrected chi connectivity index (χ3v) is 7.81. The number of hydrogen-bond donors (Lipinski definition) is 2. The van der Waals surface area contributed by atoms with Crippen LogP contribution in [0.1, 0.15) is 44.1 Å². The van der Waals surface area contributed by atoms with E-state index in [4.69, 9.17) is 28.0 Å². The highest BCUT2D eigenvalue weighted by Gasteiger charge is 2.63. The first-order valence-corrected chi connectivity index (χ1v) is 12.4. The van der Waals surface area contributed by atoms with Crippen molar-refractivity contribution in [1.29, 1.82) is 0 Å². The minimum absolute atomic E-state index is 0.0641. The molecule has 0 spiro atoms. The number of nitrogens with one attached hydrogen (secondary N) is 2. The Morgan fingerprint density at radius 2 is 1.78 bits per heavy atom. The zero-order chi connectivity index (χ0) is 27.1. The average molecular weight is 588 g/mol. The number of halogens is 8. The van der Waals surface area contributed by atoms with Crippen molar-refractivity contribution in [2.24, 2.45) is 5.16 Å². The van der Waals surface area contributed by atoms with Crippen LogP contribution in [-0.2, 0) is 28.1 Å². The van der Waals surface area contributed by atoms with Crippen molar-refractivity contribution in [2.45, 2.75) is 43.9 Å². The summed E-state index contributed by atoms with van der Waals surface area (Å²) in [5.41, 5.74) is -2.32. The first-order valence-electron chi connectivity index (χ1n) is 10.8. The fourth-order valence-corrected chi connectivity index (χ4v) is 5.98. The van der Waals surface area contributed by atoms with Crippen LogP contribution in [0.4, 0.5) is 26.3 Å². The molecule has 0 radical (unpaired) electrons. The van der Waals surface area contributed by atoms with Gasteiger partial charge in [-0.3, -0.25) is 9.59 Å². The highest BCUT2D eigenvalue weighted by Crippen LogP contribution is 2.51. The van der Waals surface area contributed by atoms with Crippen molar-refractivity contribution in [1.82, 2.24) is 10.6 Å². The molecule has 0 fully saturated rings. The Hall–Kier alpha value is -2.51. The molecule has 37 heavy (non-hydrogen) atoms. The molecule has 0 unspecified atom stereocenters. The molecule has 1 aliphatic heterocycles. The van der Waals surface area contributed by atoms with E-state index < -0.39 is 71.0 Å². The standard InChI is InChI=1S/C22H17Cl2F6N3O3S/c23-12-4-9(5-13(24)17(12)27)21(22(28,29)30)6-14(33-36-21)18-10-2-1-3-11(10)19(37-18)20(35)32-8-16(34)31-7-15(25)26/h4-5,15H,1-3,6-8H2,(H,31,34)(H,32,35)/t21-/m0/s1. The van der Waals surface area contributed by atoms with Crippen LogP contribution in [0.2, 0.25) is 10.0 Å². The van der Waals surface area contributed by atoms with Crippen molar-refractivity contribution < 1.29 is 40.8 Å². The summed E-state index contributed by atoms with van der Waals surface area (Å²) in [6.07, 6.45) is -6.91. The van der Waals surface area contributed by atoms with Crippen LogP contribution in [0.25, 0.3) is 0 Å². The molecular weight excluding hydrogens is 571 g/mol. The number of benzene rings is 1. The van der Waals surface area contributed by atoms with E-state index in [2.05, 4.69) is 10.5 Å². The Kier molecular flexibility index (Phi) is 7.69. The second kappa shape index (κ2) is 10.3. The van der Waals surface area contributed by atoms with Crippen molar-refractivity contribution in [3.63, 3.8) is 0 Å². The summed E-state index contributed by atoms with van der Waals surface area (Å²) in [5.74, 6) is -2.55. The molecule has 1 aliphatic carbocycles. The Morgan fingerprint density at radius 3 is 2.41 bits per heavy atom. The van der Waals surface area contributed by atoms with Crippen LogP contribution in [0, 0.1) is 5.82 Å². The van der Waals surface area contributed by atoms with Gasteiger partial charge in [-0.2, -0.15) is 13.2 Å². The molecule has 0 bridgehead atoms. The Bertz CT molecular complexity index is 1260. The van der Waals surface area contributed by atoms with Gasteiger partial charge in [0.05, 0.1) is 39.3 Å². The minimum atomic E-state index is -4.99. The van der Waals surface area contributed by atoms with E-state index in [0.717, 1.165) is 23.5 Å². The van der Waals surface area contributed by atoms with Crippen LogP contribution in [0.3, 0.4) is 0 Å². The number of oxime groups is 1. The summed E-state index contributed by atoms with van der Waals surface area (Å²) >= 11 is 12.4. The van der Waals surface area contributed by atoms with Gasteiger partial charge in [-0.1, -0.05) is 28.4 Å². The maximum atomic E-state index is 14.3. The SMILES string of the molecule is O=C(CNC(=O)c1sc(C2=NO[C@@](c3cc(Cl)c(F)c(Cl)c3)(C(F)(F)F)C2)c2c1CCC2)NCC(F)F. The van der Waals surface area contributed by atoms with E-state index in [0.29, 0.717) is 35.3 Å². The number of nitrogens with zero attached hydrogens (tertiary/aromatic N) is 1. The largest absolute Gasteiger partial charge is 0.435 e. The third kappa shape index (κ3) is 5.26. The molecule has 2 aliphatic rings. The molecule has 200 valence electrons. The van der Waals surface area contributed by atoms with E-state index in [1.165, 1.54) is 0 Å². The lowest BCUT2D eigenvalue weighted by molar-refractivity contribution is -0.275. The molecule has 0 saturated heterocycles. The molecule has 2 amide bonds. The van der Waals surface area contributed by atoms with Crippen molar-refractivity contribution in [2.75, 3.05) is 13.1 Å². The summed E-state index contributed by atoms with van der Waals surface area (Å²) in [4.78, 5) is 29.9. The van der Waals surface area contributed by atoms with Gasteiger partial charge in [0.15, 0.2) is 5.82 Å². The number of alkyl halides is 5. The van der Waals surface area contributed by atoms with Gasteiger partial charge in [0.25, 0.3) is 17.9 Å². The summed E-state index contributed by atoms with van der Waals surface area (Å²) in [6.45, 7) is -1.42. The molecule has 6 nitrogen and oxygen atoms in total. The van der Waals surface area contributed by atoms with Gasteiger partial charge in [0.2, 0.25) is 5.91 Å². The third-order valence-electron chi connectivity index (χ3n) is 5.94. The van der Waals surface area contributed by atoms with Gasteiger partial charge in [0, 0.05) is 5.56 Å². The highest BCUT2D eigenvalue weighted by atomic mass is 35.5. The van der Waals surface area contributed by atoms with Crippen LogP contribution < -0.4 is 10.6 Å². The van der Waals surface area contributed by atoms with E-state index in [1.807, 2.05) is 5.32 Å². The fourth-order valence-electron chi connectivity index (χ4n) is 4.20. The number of carbonyl (C=O) groups excluding carboxylic acids is 2. The minimum Gasteiger partial charge on any atom is -0.374 e. The number of carbonyl (C=O) groups is 2. The fraction of sp³-hybridized carbons (Fsp3) is 0.409. The molecule has 2 aromatic rings. The maximum absolute atomic E-state index is 14.3. The van der Waals surface area contributed by atoms with Crippen LogP contribution >= 0.6 is 34.5 Å². The molecule has 1 aromatic carbocycles. The smallest absolute Gasteiger partial charge is 0.374 e. The number of amides is 2. The summed E-state index contributed by atoms with van der Waals surface area (Å²) < 4.78 is 81.3. The van der Waals surface area contributed by atoms with Crippen molar-refractivity contribution in [3.8, 4) is 0 Å². The monoisotopic (exact) mass is 587 g/mol. The summed E-state index contributed by atoms with van der Waals surface area (Å²) in [5, 5.41) is 6.78. The molecule has 1 atom stereocenters. The van der Waals surface area contributed by atoms with Gasteiger partial charge >= 0.3 is 6.18 Å². The van der Waals surface area contributed by atoms with E-state index in [-0.39, 0.29) is 10.6 Å². The summed E-state index contributed by atoms with van der Waals surface area (Å²) in [7, 11) is 0. The van der Waals surface area contributed by atoms with Crippen LogP contribution in [0.15, 0.2) is 17.3 Å². The lowest BCUT2D eigenvalue weighted by Crippen LogP contribution is -2.42. The van der Waals surface area contributed by atoms with Gasteiger partial charge < -0.3 is 15.5 Å². The first kappa shape index (κ1) is 27.5. The second-order valence-corrected chi connectivity index (χ2v) is 10.2. The molecule has 1 aromatic heterocycles. The lowest BCUT2D eigenvalue weighted by Gasteiger charge is -2.29. The van der Waals surface area contributed by atoms with E-state index >= 15 is 0 Å².